The molecule has 0 bridgehead atoms. The zero-order valence-electron chi connectivity index (χ0n) is 9.30. The normalized spacial score (nSPS) is 17.1. The molecule has 1 atom stereocenters. The second-order valence-electron chi connectivity index (χ2n) is 3.72. The molecule has 90 valence electrons. The maximum Gasteiger partial charge on any atom is 0.328 e. The van der Waals surface area contributed by atoms with Crippen LogP contribution in [-0.2, 0) is 16.0 Å². The number of benzene rings is 1. The summed E-state index contributed by atoms with van der Waals surface area (Å²) in [6, 6.07) is 4.28. The number of fused-ring (bicyclic) bond motifs is 1. The van der Waals surface area contributed by atoms with E-state index >= 15 is 0 Å². The van der Waals surface area contributed by atoms with E-state index in [1.54, 1.807) is 19.1 Å². The average Bonchev–Trinajstić information content (AvgIpc) is 2.72. The molecule has 1 aromatic rings. The molecule has 6 nitrogen and oxygen atoms in total. The number of rotatable bonds is 3. The molecular weight excluding hydrogens is 224 g/mol. The first-order valence-electron chi connectivity index (χ1n) is 5.33. The Bertz CT molecular complexity index is 473. The largest absolute Gasteiger partial charge is 0.464 e. The Labute approximate surface area is 97.7 Å². The molecule has 1 heterocycles. The van der Waals surface area contributed by atoms with Crippen LogP contribution in [0.15, 0.2) is 18.2 Å². The van der Waals surface area contributed by atoms with E-state index in [9.17, 15) is 14.9 Å². The van der Waals surface area contributed by atoms with E-state index in [4.69, 9.17) is 4.74 Å². The lowest BCUT2D eigenvalue weighted by Gasteiger charge is -2.09. The van der Waals surface area contributed by atoms with Gasteiger partial charge in [-0.25, -0.2) is 4.79 Å². The average molecular weight is 236 g/mol. The van der Waals surface area contributed by atoms with Crippen LogP contribution >= 0.6 is 0 Å². The van der Waals surface area contributed by atoms with Crippen molar-refractivity contribution in [1.29, 1.82) is 0 Å². The summed E-state index contributed by atoms with van der Waals surface area (Å²) in [5.74, 6) is -0.377. The van der Waals surface area contributed by atoms with E-state index in [2.05, 4.69) is 5.32 Å². The molecule has 1 aliphatic heterocycles. The van der Waals surface area contributed by atoms with E-state index in [1.165, 1.54) is 6.07 Å². The fraction of sp³-hybridized carbons (Fsp3) is 0.364. The van der Waals surface area contributed by atoms with Gasteiger partial charge in [-0.3, -0.25) is 10.1 Å². The number of carbonyl (C=O) groups is 1. The van der Waals surface area contributed by atoms with E-state index in [1.807, 2.05) is 0 Å². The number of hydrogen-bond donors (Lipinski definition) is 1. The summed E-state index contributed by atoms with van der Waals surface area (Å²) in [4.78, 5) is 21.9. The number of nitrogens with one attached hydrogen (secondary N) is 1. The molecule has 0 saturated carbocycles. The van der Waals surface area contributed by atoms with Crippen LogP contribution in [-0.4, -0.2) is 23.5 Å². The van der Waals surface area contributed by atoms with Gasteiger partial charge in [0.05, 0.1) is 11.5 Å². The molecule has 1 aliphatic rings. The van der Waals surface area contributed by atoms with E-state index in [0.29, 0.717) is 18.7 Å². The smallest absolute Gasteiger partial charge is 0.328 e. The van der Waals surface area contributed by atoms with Gasteiger partial charge in [0.25, 0.3) is 5.69 Å². The molecule has 0 fully saturated rings. The Morgan fingerprint density at radius 2 is 2.41 bits per heavy atom. The minimum atomic E-state index is -0.522. The Kier molecular flexibility index (Phi) is 2.95. The minimum Gasteiger partial charge on any atom is -0.464 e. The van der Waals surface area contributed by atoms with Gasteiger partial charge in [0.1, 0.15) is 11.7 Å². The quantitative estimate of drug-likeness (QED) is 0.488. The highest BCUT2D eigenvalue weighted by molar-refractivity contribution is 5.85. The summed E-state index contributed by atoms with van der Waals surface area (Å²) in [5.41, 5.74) is 1.20. The van der Waals surface area contributed by atoms with Gasteiger partial charge in [-0.15, -0.1) is 0 Å². The van der Waals surface area contributed by atoms with Gasteiger partial charge in [-0.2, -0.15) is 0 Å². The molecular formula is C11H12N2O4. The number of anilines is 1. The first-order chi connectivity index (χ1) is 8.13. The van der Waals surface area contributed by atoms with Crippen LogP contribution in [0.5, 0.6) is 0 Å². The van der Waals surface area contributed by atoms with Crippen molar-refractivity contribution < 1.29 is 14.5 Å². The second-order valence-corrected chi connectivity index (χ2v) is 3.72. The van der Waals surface area contributed by atoms with Crippen molar-refractivity contribution >= 4 is 17.3 Å². The van der Waals surface area contributed by atoms with Crippen LogP contribution < -0.4 is 5.32 Å². The van der Waals surface area contributed by atoms with Crippen molar-refractivity contribution in [3.05, 3.63) is 33.9 Å². The van der Waals surface area contributed by atoms with E-state index in [-0.39, 0.29) is 11.7 Å². The molecule has 0 aliphatic carbocycles. The fourth-order valence-corrected chi connectivity index (χ4v) is 1.91. The van der Waals surface area contributed by atoms with Crippen molar-refractivity contribution in [2.24, 2.45) is 0 Å². The van der Waals surface area contributed by atoms with Gasteiger partial charge in [-0.1, -0.05) is 12.1 Å². The zero-order valence-corrected chi connectivity index (χ0v) is 9.30. The zero-order chi connectivity index (χ0) is 12.4. The number of carbonyl (C=O) groups excluding carboxylic acids is 1. The van der Waals surface area contributed by atoms with Gasteiger partial charge in [0.2, 0.25) is 0 Å². The van der Waals surface area contributed by atoms with Crippen LogP contribution in [0.25, 0.3) is 0 Å². The molecule has 6 heteroatoms. The number of esters is 1. The molecule has 0 amide bonds. The van der Waals surface area contributed by atoms with Crippen LogP contribution in [0.3, 0.4) is 0 Å². The summed E-state index contributed by atoms with van der Waals surface area (Å²) in [6.45, 7) is 2.03. The fourth-order valence-electron chi connectivity index (χ4n) is 1.91. The molecule has 0 spiro atoms. The number of hydrogen-bond acceptors (Lipinski definition) is 5. The highest BCUT2D eigenvalue weighted by Gasteiger charge is 2.32. The number of ether oxygens (including phenoxy) is 1. The van der Waals surface area contributed by atoms with Crippen LogP contribution in [0.1, 0.15) is 12.5 Å². The molecule has 17 heavy (non-hydrogen) atoms. The lowest BCUT2D eigenvalue weighted by molar-refractivity contribution is -0.383. The van der Waals surface area contributed by atoms with Gasteiger partial charge in [0, 0.05) is 12.5 Å². The molecule has 2 rings (SSSR count). The summed E-state index contributed by atoms with van der Waals surface area (Å²) in [5, 5.41) is 13.7. The maximum atomic E-state index is 11.5. The number of nitro benzene ring substituents is 1. The van der Waals surface area contributed by atoms with Crippen molar-refractivity contribution in [1.82, 2.24) is 0 Å². The molecule has 1 aromatic carbocycles. The lowest BCUT2D eigenvalue weighted by atomic mass is 10.1. The summed E-state index contributed by atoms with van der Waals surface area (Å²) < 4.78 is 4.89. The van der Waals surface area contributed by atoms with Gasteiger partial charge in [0.15, 0.2) is 0 Å². The molecule has 1 N–H and O–H groups in total. The second kappa shape index (κ2) is 4.40. The maximum absolute atomic E-state index is 11.5. The Hall–Kier alpha value is -2.11. The molecule has 0 saturated heterocycles. The third-order valence-electron chi connectivity index (χ3n) is 2.64. The lowest BCUT2D eigenvalue weighted by Crippen LogP contribution is -2.29. The van der Waals surface area contributed by atoms with Gasteiger partial charge < -0.3 is 10.1 Å². The Balaban J connectivity index is 2.24. The van der Waals surface area contributed by atoms with Crippen molar-refractivity contribution in [2.75, 3.05) is 11.9 Å². The SMILES string of the molecule is CCOC(=O)[C@@H]1Cc2cccc([N+](=O)[O-])c2N1. The Morgan fingerprint density at radius 1 is 1.65 bits per heavy atom. The number of nitro groups is 1. The third kappa shape index (κ3) is 2.06. The van der Waals surface area contributed by atoms with E-state index in [0.717, 1.165) is 5.56 Å². The number of para-hydroxylation sites is 1. The minimum absolute atomic E-state index is 0.00528. The summed E-state index contributed by atoms with van der Waals surface area (Å²) >= 11 is 0. The van der Waals surface area contributed by atoms with Crippen LogP contribution in [0.2, 0.25) is 0 Å². The summed E-state index contributed by atoms with van der Waals surface area (Å²) in [7, 11) is 0. The standard InChI is InChI=1S/C11H12N2O4/c1-2-17-11(14)8-6-7-4-3-5-9(13(15)16)10(7)12-8/h3-5,8,12H,2,6H2,1H3/t8-/m0/s1. The number of nitrogens with zero attached hydrogens (tertiary/aromatic N) is 1. The third-order valence-corrected chi connectivity index (χ3v) is 2.64. The topological polar surface area (TPSA) is 81.5 Å². The van der Waals surface area contributed by atoms with Crippen molar-refractivity contribution in [2.45, 2.75) is 19.4 Å². The van der Waals surface area contributed by atoms with Gasteiger partial charge in [-0.05, 0) is 12.5 Å². The molecule has 0 unspecified atom stereocenters. The monoisotopic (exact) mass is 236 g/mol. The highest BCUT2D eigenvalue weighted by atomic mass is 16.6. The molecule has 0 aromatic heterocycles. The molecule has 0 radical (unpaired) electrons. The van der Waals surface area contributed by atoms with Crippen LogP contribution in [0, 0.1) is 10.1 Å². The van der Waals surface area contributed by atoms with Crippen molar-refractivity contribution in [3.63, 3.8) is 0 Å². The van der Waals surface area contributed by atoms with Crippen molar-refractivity contribution in [3.8, 4) is 0 Å². The van der Waals surface area contributed by atoms with Crippen LogP contribution in [0.4, 0.5) is 11.4 Å². The van der Waals surface area contributed by atoms with Gasteiger partial charge >= 0.3 is 5.97 Å². The van der Waals surface area contributed by atoms with E-state index < -0.39 is 11.0 Å². The predicted octanol–water partition coefficient (Wildman–Crippen LogP) is 1.49. The predicted molar refractivity (Wildman–Crippen MR) is 60.8 cm³/mol. The first-order valence-corrected chi connectivity index (χ1v) is 5.33. The highest BCUT2D eigenvalue weighted by Crippen LogP contribution is 2.34. The Morgan fingerprint density at radius 3 is 3.06 bits per heavy atom. The summed E-state index contributed by atoms with van der Waals surface area (Å²) in [6.07, 6.45) is 0.426. The first kappa shape index (κ1) is 11.4.